The molecular formula is C24H31N5OS. The summed E-state index contributed by atoms with van der Waals surface area (Å²) in [5.74, 6) is 2.39. The summed E-state index contributed by atoms with van der Waals surface area (Å²) < 4.78 is 0. The first kappa shape index (κ1) is 20.5. The van der Waals surface area contributed by atoms with Crippen LogP contribution in [0.1, 0.15) is 35.5 Å². The van der Waals surface area contributed by atoms with Crippen LogP contribution in [0, 0.1) is 13.8 Å². The Kier molecular flexibility index (Phi) is 5.71. The van der Waals surface area contributed by atoms with Gasteiger partial charge in [0.25, 0.3) is 0 Å². The maximum atomic E-state index is 9.83. The van der Waals surface area contributed by atoms with Crippen molar-refractivity contribution in [2.75, 3.05) is 49.1 Å². The minimum atomic E-state index is 0.323. The lowest BCUT2D eigenvalue weighted by Crippen LogP contribution is -2.47. The van der Waals surface area contributed by atoms with Gasteiger partial charge in [0.1, 0.15) is 22.2 Å². The molecule has 7 heteroatoms. The lowest BCUT2D eigenvalue weighted by Gasteiger charge is -2.37. The summed E-state index contributed by atoms with van der Waals surface area (Å²) in [7, 11) is 0. The van der Waals surface area contributed by atoms with Crippen molar-refractivity contribution in [1.29, 1.82) is 0 Å². The Labute approximate surface area is 188 Å². The molecule has 0 aliphatic carbocycles. The molecular weight excluding hydrogens is 406 g/mol. The van der Waals surface area contributed by atoms with Crippen LogP contribution >= 0.6 is 11.3 Å². The number of benzene rings is 1. The Morgan fingerprint density at radius 2 is 1.68 bits per heavy atom. The highest BCUT2D eigenvalue weighted by atomic mass is 32.1. The average molecular weight is 438 g/mol. The van der Waals surface area contributed by atoms with Gasteiger partial charge in [-0.25, -0.2) is 9.97 Å². The van der Waals surface area contributed by atoms with Gasteiger partial charge in [-0.2, -0.15) is 0 Å². The quantitative estimate of drug-likeness (QED) is 0.656. The van der Waals surface area contributed by atoms with E-state index < -0.39 is 0 Å². The van der Waals surface area contributed by atoms with Crippen LogP contribution in [0.3, 0.4) is 0 Å². The summed E-state index contributed by atoms with van der Waals surface area (Å²) in [6, 6.07) is 7.56. The molecule has 1 aromatic carbocycles. The number of rotatable bonds is 4. The molecule has 0 spiro atoms. The van der Waals surface area contributed by atoms with Crippen LogP contribution in [0.5, 0.6) is 5.75 Å². The third-order valence-corrected chi connectivity index (χ3v) is 7.74. The summed E-state index contributed by atoms with van der Waals surface area (Å²) in [6.07, 6.45) is 3.90. The highest BCUT2D eigenvalue weighted by molar-refractivity contribution is 7.18. The maximum Gasteiger partial charge on any atom is 0.146 e. The number of likely N-dealkylation sites (tertiary alicyclic amines) is 1. The first-order valence-electron chi connectivity index (χ1n) is 11.4. The van der Waals surface area contributed by atoms with Crippen LogP contribution in [-0.2, 0) is 6.54 Å². The lowest BCUT2D eigenvalue weighted by atomic mass is 10.1. The van der Waals surface area contributed by atoms with Gasteiger partial charge in [-0.1, -0.05) is 12.5 Å². The Hall–Kier alpha value is -2.38. The van der Waals surface area contributed by atoms with Crippen LogP contribution in [0.4, 0.5) is 11.5 Å². The summed E-state index contributed by atoms with van der Waals surface area (Å²) in [6.45, 7) is 11.2. The second-order valence-electron chi connectivity index (χ2n) is 8.76. The second kappa shape index (κ2) is 8.63. The third-order valence-electron chi connectivity index (χ3n) is 6.64. The first-order chi connectivity index (χ1) is 15.1. The van der Waals surface area contributed by atoms with Crippen LogP contribution in [0.2, 0.25) is 0 Å². The van der Waals surface area contributed by atoms with Gasteiger partial charge in [0, 0.05) is 42.8 Å². The number of thiophene rings is 1. The molecule has 0 radical (unpaired) electrons. The topological polar surface area (TPSA) is 55.7 Å². The van der Waals surface area contributed by atoms with Crippen LogP contribution < -0.4 is 9.80 Å². The second-order valence-corrected chi connectivity index (χ2v) is 9.96. The van der Waals surface area contributed by atoms with Gasteiger partial charge in [0.15, 0.2) is 0 Å². The van der Waals surface area contributed by atoms with Crippen LogP contribution in [0.25, 0.3) is 10.2 Å². The molecule has 31 heavy (non-hydrogen) atoms. The van der Waals surface area contributed by atoms with Gasteiger partial charge in [0.05, 0.1) is 11.9 Å². The van der Waals surface area contributed by atoms with Crippen LogP contribution in [-0.4, -0.2) is 59.2 Å². The minimum absolute atomic E-state index is 0.323. The van der Waals surface area contributed by atoms with Gasteiger partial charge in [-0.15, -0.1) is 11.3 Å². The van der Waals surface area contributed by atoms with Gasteiger partial charge >= 0.3 is 0 Å². The van der Waals surface area contributed by atoms with E-state index >= 15 is 0 Å². The van der Waals surface area contributed by atoms with E-state index in [-0.39, 0.29) is 0 Å². The molecule has 2 aliphatic rings. The highest BCUT2D eigenvalue weighted by Crippen LogP contribution is 2.36. The Morgan fingerprint density at radius 1 is 0.935 bits per heavy atom. The van der Waals surface area contributed by atoms with E-state index in [1.165, 1.54) is 35.1 Å². The number of aromatic nitrogens is 2. The van der Waals surface area contributed by atoms with Crippen molar-refractivity contribution in [3.05, 3.63) is 40.5 Å². The number of phenolic OH excluding ortho intramolecular Hbond substituents is 1. The van der Waals surface area contributed by atoms with Gasteiger partial charge < -0.3 is 14.9 Å². The monoisotopic (exact) mass is 437 g/mol. The number of hydrogen-bond acceptors (Lipinski definition) is 7. The lowest BCUT2D eigenvalue weighted by molar-refractivity contribution is 0.216. The molecule has 2 fully saturated rings. The number of hydrogen-bond donors (Lipinski definition) is 1. The number of anilines is 2. The molecule has 4 heterocycles. The number of aryl methyl sites for hydroxylation is 2. The zero-order chi connectivity index (χ0) is 21.4. The molecule has 2 aromatic heterocycles. The predicted molar refractivity (Wildman–Crippen MR) is 129 cm³/mol. The maximum absolute atomic E-state index is 9.83. The Bertz CT molecular complexity index is 1070. The molecule has 2 saturated heterocycles. The molecule has 164 valence electrons. The van der Waals surface area contributed by atoms with Gasteiger partial charge in [-0.05, 0) is 57.5 Å². The van der Waals surface area contributed by atoms with E-state index in [0.29, 0.717) is 5.75 Å². The van der Waals surface area contributed by atoms with E-state index in [2.05, 4.69) is 34.6 Å². The Morgan fingerprint density at radius 3 is 2.42 bits per heavy atom. The number of aromatic hydroxyl groups is 1. The SMILES string of the molecule is Cc1sc2nc(CN3CCCCC3)nc(N3CCN(c4cccc(O)c4)CC3)c2c1C. The van der Waals surface area contributed by atoms with E-state index in [9.17, 15) is 5.11 Å². The van der Waals surface area contributed by atoms with Gasteiger partial charge in [0.2, 0.25) is 0 Å². The fraction of sp³-hybridized carbons (Fsp3) is 0.500. The number of phenols is 1. The Balaban J connectivity index is 1.41. The zero-order valence-electron chi connectivity index (χ0n) is 18.5. The molecule has 1 N–H and O–H groups in total. The molecule has 2 aliphatic heterocycles. The van der Waals surface area contributed by atoms with Crippen molar-refractivity contribution in [3.63, 3.8) is 0 Å². The highest BCUT2D eigenvalue weighted by Gasteiger charge is 2.24. The fourth-order valence-corrected chi connectivity index (χ4v) is 5.80. The molecule has 0 amide bonds. The van der Waals surface area contributed by atoms with Crippen molar-refractivity contribution < 1.29 is 5.11 Å². The number of fused-ring (bicyclic) bond motifs is 1. The van der Waals surface area contributed by atoms with E-state index in [0.717, 1.165) is 68.0 Å². The van der Waals surface area contributed by atoms with Crippen molar-refractivity contribution >= 4 is 33.1 Å². The van der Waals surface area contributed by atoms with Crippen LogP contribution in [0.15, 0.2) is 24.3 Å². The molecule has 0 saturated carbocycles. The largest absolute Gasteiger partial charge is 0.508 e. The summed E-state index contributed by atoms with van der Waals surface area (Å²) in [5, 5.41) is 11.1. The molecule has 6 nitrogen and oxygen atoms in total. The number of piperazine rings is 1. The van der Waals surface area contributed by atoms with Crippen molar-refractivity contribution in [3.8, 4) is 5.75 Å². The van der Waals surface area contributed by atoms with E-state index in [4.69, 9.17) is 9.97 Å². The molecule has 3 aromatic rings. The zero-order valence-corrected chi connectivity index (χ0v) is 19.3. The molecule has 5 rings (SSSR count). The van der Waals surface area contributed by atoms with Crippen molar-refractivity contribution in [2.45, 2.75) is 39.7 Å². The molecule has 0 unspecified atom stereocenters. The third kappa shape index (κ3) is 4.21. The van der Waals surface area contributed by atoms with Gasteiger partial charge in [-0.3, -0.25) is 4.90 Å². The smallest absolute Gasteiger partial charge is 0.146 e. The summed E-state index contributed by atoms with van der Waals surface area (Å²) in [5.41, 5.74) is 2.40. The fourth-order valence-electron chi connectivity index (χ4n) is 4.75. The molecule has 0 bridgehead atoms. The van der Waals surface area contributed by atoms with E-state index in [1.54, 1.807) is 17.4 Å². The minimum Gasteiger partial charge on any atom is -0.508 e. The predicted octanol–water partition coefficient (Wildman–Crippen LogP) is 4.33. The van der Waals surface area contributed by atoms with Crippen molar-refractivity contribution in [2.24, 2.45) is 0 Å². The summed E-state index contributed by atoms with van der Waals surface area (Å²) in [4.78, 5) is 19.8. The molecule has 0 atom stereocenters. The average Bonchev–Trinajstić information content (AvgIpc) is 3.07. The van der Waals surface area contributed by atoms with E-state index in [1.807, 2.05) is 12.1 Å². The first-order valence-corrected chi connectivity index (χ1v) is 12.2. The number of nitrogens with zero attached hydrogens (tertiary/aromatic N) is 5. The number of piperidine rings is 1. The normalized spacial score (nSPS) is 18.1. The van der Waals surface area contributed by atoms with Crippen molar-refractivity contribution in [1.82, 2.24) is 14.9 Å². The summed E-state index contributed by atoms with van der Waals surface area (Å²) >= 11 is 1.80. The standard InChI is InChI=1S/C24H31N5OS/c1-17-18(2)31-24-22(17)23(25-21(26-24)16-27-9-4-3-5-10-27)29-13-11-28(12-14-29)19-7-6-8-20(30)15-19/h6-8,15,30H,3-5,9-14,16H2,1-2H3.